The molecule has 2 aromatic rings. The van der Waals surface area contributed by atoms with Gasteiger partial charge in [0, 0.05) is 48.7 Å². The Balaban J connectivity index is 1.68. The summed E-state index contributed by atoms with van der Waals surface area (Å²) in [5, 5.41) is 0. The van der Waals surface area contributed by atoms with Gasteiger partial charge >= 0.3 is 0 Å². The number of carbonyl (C=O) groups excluding carboxylic acids is 1. The van der Waals surface area contributed by atoms with E-state index in [1.165, 1.54) is 29.4 Å². The van der Waals surface area contributed by atoms with Crippen molar-refractivity contribution in [3.63, 3.8) is 0 Å². The van der Waals surface area contributed by atoms with Gasteiger partial charge in [-0.2, -0.15) is 0 Å². The van der Waals surface area contributed by atoms with Crippen LogP contribution in [0.25, 0.3) is 5.57 Å². The molecule has 4 rings (SSSR count). The third-order valence-electron chi connectivity index (χ3n) is 5.42. The van der Waals surface area contributed by atoms with Gasteiger partial charge in [0.15, 0.2) is 11.6 Å². The van der Waals surface area contributed by atoms with Gasteiger partial charge in [0.2, 0.25) is 0 Å². The summed E-state index contributed by atoms with van der Waals surface area (Å²) in [5.41, 5.74) is 4.49. The number of hydrogen-bond donors (Lipinski definition) is 0. The van der Waals surface area contributed by atoms with Gasteiger partial charge in [0.05, 0.1) is 0 Å². The lowest BCUT2D eigenvalue weighted by atomic mass is 9.93. The first-order valence-electron chi connectivity index (χ1n) is 9.32. The van der Waals surface area contributed by atoms with Crippen molar-refractivity contribution in [2.24, 2.45) is 5.92 Å². The van der Waals surface area contributed by atoms with E-state index in [9.17, 15) is 13.6 Å². The number of rotatable bonds is 4. The summed E-state index contributed by atoms with van der Waals surface area (Å²) < 4.78 is 26.7. The summed E-state index contributed by atoms with van der Waals surface area (Å²) >= 11 is 0. The second-order valence-corrected chi connectivity index (χ2v) is 7.17. The van der Waals surface area contributed by atoms with Gasteiger partial charge in [0.25, 0.3) is 5.91 Å². The van der Waals surface area contributed by atoms with Crippen LogP contribution in [0.4, 0.5) is 20.2 Å². The van der Waals surface area contributed by atoms with Crippen LogP contribution in [0.15, 0.2) is 42.5 Å². The minimum Gasteiger partial charge on any atom is -0.368 e. The molecule has 2 aliphatic rings. The van der Waals surface area contributed by atoms with Crippen LogP contribution < -0.4 is 9.80 Å². The Morgan fingerprint density at radius 3 is 2.59 bits per heavy atom. The SMILES string of the molecule is CCN1CC=C(C2CC2)c2cc(C(=O)N(C)c3ccc(F)c(F)c3)ccc21. The molecule has 0 N–H and O–H groups in total. The van der Waals surface area contributed by atoms with Gasteiger partial charge in [-0.25, -0.2) is 8.78 Å². The molecule has 2 aromatic carbocycles. The second kappa shape index (κ2) is 6.80. The van der Waals surface area contributed by atoms with Crippen molar-refractivity contribution in [1.82, 2.24) is 0 Å². The molecule has 0 radical (unpaired) electrons. The number of fused-ring (bicyclic) bond motifs is 1. The second-order valence-electron chi connectivity index (χ2n) is 7.17. The van der Waals surface area contributed by atoms with E-state index >= 15 is 0 Å². The Morgan fingerprint density at radius 1 is 1.15 bits per heavy atom. The summed E-state index contributed by atoms with van der Waals surface area (Å²) in [4.78, 5) is 16.6. The number of allylic oxidation sites excluding steroid dienone is 1. The maximum atomic E-state index is 13.5. The van der Waals surface area contributed by atoms with Crippen molar-refractivity contribution in [2.45, 2.75) is 19.8 Å². The smallest absolute Gasteiger partial charge is 0.258 e. The molecule has 0 unspecified atom stereocenters. The molecule has 1 aliphatic heterocycles. The molecule has 1 saturated carbocycles. The first-order chi connectivity index (χ1) is 13.0. The van der Waals surface area contributed by atoms with Gasteiger partial charge in [-0.05, 0) is 61.6 Å². The van der Waals surface area contributed by atoms with Gasteiger partial charge in [-0.15, -0.1) is 0 Å². The average Bonchev–Trinajstić information content (AvgIpc) is 3.52. The summed E-state index contributed by atoms with van der Waals surface area (Å²) in [6.45, 7) is 3.93. The lowest BCUT2D eigenvalue weighted by Crippen LogP contribution is -2.29. The quantitative estimate of drug-likeness (QED) is 0.768. The minimum absolute atomic E-state index is 0.243. The van der Waals surface area contributed by atoms with Crippen molar-refractivity contribution >= 4 is 22.9 Å². The van der Waals surface area contributed by atoms with Crippen LogP contribution in [0.2, 0.25) is 0 Å². The van der Waals surface area contributed by atoms with E-state index in [1.54, 1.807) is 7.05 Å². The number of anilines is 2. The fourth-order valence-electron chi connectivity index (χ4n) is 3.68. The van der Waals surface area contributed by atoms with Crippen LogP contribution in [0.5, 0.6) is 0 Å². The number of likely N-dealkylation sites (N-methyl/N-ethyl adjacent to an activating group) is 1. The Hall–Kier alpha value is -2.69. The van der Waals surface area contributed by atoms with Gasteiger partial charge < -0.3 is 9.80 Å². The van der Waals surface area contributed by atoms with Gasteiger partial charge in [-0.3, -0.25) is 4.79 Å². The monoisotopic (exact) mass is 368 g/mol. The molecule has 0 atom stereocenters. The maximum Gasteiger partial charge on any atom is 0.258 e. The highest BCUT2D eigenvalue weighted by atomic mass is 19.2. The topological polar surface area (TPSA) is 23.6 Å². The molecule has 5 heteroatoms. The number of carbonyl (C=O) groups is 1. The average molecular weight is 368 g/mol. The predicted octanol–water partition coefficient (Wildman–Crippen LogP) is 4.87. The number of amides is 1. The number of benzene rings is 2. The molecular weight excluding hydrogens is 346 g/mol. The van der Waals surface area contributed by atoms with Crippen molar-refractivity contribution in [1.29, 1.82) is 0 Å². The Morgan fingerprint density at radius 2 is 1.93 bits per heavy atom. The zero-order chi connectivity index (χ0) is 19.1. The highest BCUT2D eigenvalue weighted by molar-refractivity contribution is 6.06. The predicted molar refractivity (Wildman–Crippen MR) is 104 cm³/mol. The molecule has 1 aliphatic carbocycles. The van der Waals surface area contributed by atoms with E-state index in [0.717, 1.165) is 36.5 Å². The minimum atomic E-state index is -0.963. The standard InChI is InChI=1S/C22H22F2N2O/c1-3-26-11-10-17(14-4-5-14)18-12-15(6-9-21(18)26)22(27)25(2)16-7-8-19(23)20(24)13-16/h6-10,12-14H,3-5,11H2,1-2H3. The summed E-state index contributed by atoms with van der Waals surface area (Å²) in [6, 6.07) is 9.24. The molecular formula is C22H22F2N2O. The third kappa shape index (κ3) is 3.22. The summed E-state index contributed by atoms with van der Waals surface area (Å²) in [5.74, 6) is -1.54. The van der Waals surface area contributed by atoms with Gasteiger partial charge in [0.1, 0.15) is 0 Å². The third-order valence-corrected chi connectivity index (χ3v) is 5.42. The summed E-state index contributed by atoms with van der Waals surface area (Å²) in [7, 11) is 1.57. The largest absolute Gasteiger partial charge is 0.368 e. The van der Waals surface area contributed by atoms with E-state index in [4.69, 9.17) is 0 Å². The fourth-order valence-corrected chi connectivity index (χ4v) is 3.68. The highest BCUT2D eigenvalue weighted by Gasteiger charge is 2.31. The highest BCUT2D eigenvalue weighted by Crippen LogP contribution is 2.46. The fraction of sp³-hybridized carbons (Fsp3) is 0.318. The lowest BCUT2D eigenvalue weighted by molar-refractivity contribution is 0.0993. The summed E-state index contributed by atoms with van der Waals surface area (Å²) in [6.07, 6.45) is 4.67. The molecule has 140 valence electrons. The molecule has 0 saturated heterocycles. The van der Waals surface area contributed by atoms with Crippen LogP contribution in [-0.4, -0.2) is 26.0 Å². The number of nitrogens with zero attached hydrogens (tertiary/aromatic N) is 2. The molecule has 1 fully saturated rings. The van der Waals surface area contributed by atoms with E-state index in [1.807, 2.05) is 18.2 Å². The molecule has 3 nitrogen and oxygen atoms in total. The van der Waals surface area contributed by atoms with E-state index < -0.39 is 11.6 Å². The molecule has 0 spiro atoms. The molecule has 1 amide bonds. The van der Waals surface area contributed by atoms with Gasteiger partial charge in [-0.1, -0.05) is 6.08 Å². The normalized spacial score (nSPS) is 16.0. The van der Waals surface area contributed by atoms with E-state index in [-0.39, 0.29) is 5.91 Å². The maximum absolute atomic E-state index is 13.5. The van der Waals surface area contributed by atoms with Crippen LogP contribution >= 0.6 is 0 Å². The zero-order valence-electron chi connectivity index (χ0n) is 15.5. The lowest BCUT2D eigenvalue weighted by Gasteiger charge is -2.30. The van der Waals surface area contributed by atoms with Crippen molar-refractivity contribution < 1.29 is 13.6 Å². The molecule has 27 heavy (non-hydrogen) atoms. The van der Waals surface area contributed by atoms with Crippen molar-refractivity contribution in [3.8, 4) is 0 Å². The van der Waals surface area contributed by atoms with E-state index in [0.29, 0.717) is 17.2 Å². The molecule has 0 aromatic heterocycles. The number of halogens is 2. The first kappa shape index (κ1) is 17.7. The molecule has 1 heterocycles. The first-order valence-corrected chi connectivity index (χ1v) is 9.32. The zero-order valence-corrected chi connectivity index (χ0v) is 15.5. The Labute approximate surface area is 157 Å². The van der Waals surface area contributed by atoms with Crippen molar-refractivity contribution in [2.75, 3.05) is 29.9 Å². The van der Waals surface area contributed by atoms with Crippen molar-refractivity contribution in [3.05, 3.63) is 65.2 Å². The van der Waals surface area contributed by atoms with E-state index in [2.05, 4.69) is 17.9 Å². The van der Waals surface area contributed by atoms with Crippen LogP contribution in [-0.2, 0) is 0 Å². The van der Waals surface area contributed by atoms with Crippen LogP contribution in [0.3, 0.4) is 0 Å². The Bertz CT molecular complexity index is 934. The number of hydrogen-bond acceptors (Lipinski definition) is 2. The van der Waals surface area contributed by atoms with Crippen LogP contribution in [0, 0.1) is 17.6 Å². The Kier molecular flexibility index (Phi) is 4.46. The van der Waals surface area contributed by atoms with Crippen LogP contribution in [0.1, 0.15) is 35.7 Å². The molecule has 0 bridgehead atoms.